The van der Waals surface area contributed by atoms with E-state index >= 15 is 0 Å². The molecule has 0 saturated carbocycles. The Balaban J connectivity index is 3.24. The summed E-state index contributed by atoms with van der Waals surface area (Å²) in [6.45, 7) is 2.02. The minimum atomic E-state index is -0.535. The van der Waals surface area contributed by atoms with Crippen LogP contribution in [0, 0.1) is 0 Å². The zero-order valence-electron chi connectivity index (χ0n) is 7.87. The van der Waals surface area contributed by atoms with Gasteiger partial charge in [-0.15, -0.1) is 0 Å². The highest BCUT2D eigenvalue weighted by Crippen LogP contribution is 2.06. The average Bonchev–Trinajstić information content (AvgIpc) is 2.10. The van der Waals surface area contributed by atoms with Crippen molar-refractivity contribution in [1.82, 2.24) is 0 Å². The number of rotatable bonds is 7. The van der Waals surface area contributed by atoms with E-state index in [2.05, 4.69) is 6.92 Å². The summed E-state index contributed by atoms with van der Waals surface area (Å²) in [5, 5.41) is 18.0. The fourth-order valence-electron chi connectivity index (χ4n) is 1.12. The maximum Gasteiger partial charge on any atom is 0.0713 e. The molecular formula is C9H21NO2. The van der Waals surface area contributed by atoms with Gasteiger partial charge in [-0.2, -0.15) is 0 Å². The van der Waals surface area contributed by atoms with Gasteiger partial charge in [0, 0.05) is 0 Å². The van der Waals surface area contributed by atoms with Crippen LogP contribution in [-0.2, 0) is 0 Å². The molecule has 0 amide bonds. The molecule has 0 heterocycles. The zero-order chi connectivity index (χ0) is 9.40. The summed E-state index contributed by atoms with van der Waals surface area (Å²) in [4.78, 5) is 0. The van der Waals surface area contributed by atoms with E-state index < -0.39 is 12.1 Å². The number of hydrogen-bond donors (Lipinski definition) is 3. The van der Waals surface area contributed by atoms with Crippen LogP contribution in [0.15, 0.2) is 0 Å². The predicted molar refractivity (Wildman–Crippen MR) is 49.8 cm³/mol. The molecule has 74 valence electrons. The Kier molecular flexibility index (Phi) is 7.45. The molecule has 0 fully saturated rings. The van der Waals surface area contributed by atoms with Crippen LogP contribution >= 0.6 is 0 Å². The minimum Gasteiger partial charge on any atom is -0.395 e. The molecular weight excluding hydrogens is 154 g/mol. The molecule has 0 rings (SSSR count). The Bertz CT molecular complexity index is 98.5. The third kappa shape index (κ3) is 5.52. The molecule has 0 aliphatic rings. The fraction of sp³-hybridized carbons (Fsp3) is 1.00. The van der Waals surface area contributed by atoms with E-state index in [1.165, 1.54) is 12.8 Å². The van der Waals surface area contributed by atoms with E-state index in [1.807, 2.05) is 0 Å². The maximum atomic E-state index is 9.33. The van der Waals surface area contributed by atoms with Crippen LogP contribution in [0.1, 0.15) is 39.0 Å². The van der Waals surface area contributed by atoms with Gasteiger partial charge < -0.3 is 15.9 Å². The van der Waals surface area contributed by atoms with Gasteiger partial charge in [-0.1, -0.05) is 32.6 Å². The standard InChI is InChI=1S/C9H21NO2/c1-2-3-4-5-6-9(12)8(10)7-11/h8-9,11-12H,2-7,10H2,1H3/t8-,9?/m0/s1. The summed E-state index contributed by atoms with van der Waals surface area (Å²) in [6.07, 6.45) is 4.73. The second-order valence-electron chi connectivity index (χ2n) is 3.26. The molecule has 0 aromatic carbocycles. The Morgan fingerprint density at radius 3 is 2.42 bits per heavy atom. The third-order valence-electron chi connectivity index (χ3n) is 2.06. The number of aliphatic hydroxyl groups is 2. The molecule has 0 saturated heterocycles. The largest absolute Gasteiger partial charge is 0.395 e. The second kappa shape index (κ2) is 7.53. The molecule has 2 atom stereocenters. The maximum absolute atomic E-state index is 9.33. The number of aliphatic hydroxyl groups excluding tert-OH is 2. The van der Waals surface area contributed by atoms with Crippen LogP contribution in [0.3, 0.4) is 0 Å². The number of hydrogen-bond acceptors (Lipinski definition) is 3. The monoisotopic (exact) mass is 175 g/mol. The predicted octanol–water partition coefficient (Wildman–Crippen LogP) is 0.637. The fourth-order valence-corrected chi connectivity index (χ4v) is 1.12. The summed E-state index contributed by atoms with van der Waals surface area (Å²) < 4.78 is 0. The van der Waals surface area contributed by atoms with Gasteiger partial charge in [0.1, 0.15) is 0 Å². The van der Waals surface area contributed by atoms with Crippen LogP contribution in [0.25, 0.3) is 0 Å². The summed E-state index contributed by atoms with van der Waals surface area (Å²) in [5.41, 5.74) is 5.43. The molecule has 0 aromatic rings. The van der Waals surface area contributed by atoms with Crippen LogP contribution in [0.5, 0.6) is 0 Å². The van der Waals surface area contributed by atoms with Gasteiger partial charge in [-0.25, -0.2) is 0 Å². The van der Waals surface area contributed by atoms with Gasteiger partial charge in [0.25, 0.3) is 0 Å². The zero-order valence-corrected chi connectivity index (χ0v) is 7.87. The van der Waals surface area contributed by atoms with Crippen molar-refractivity contribution in [1.29, 1.82) is 0 Å². The smallest absolute Gasteiger partial charge is 0.0713 e. The summed E-state index contributed by atoms with van der Waals surface area (Å²) in [7, 11) is 0. The quantitative estimate of drug-likeness (QED) is 0.497. The van der Waals surface area contributed by atoms with Gasteiger partial charge in [-0.3, -0.25) is 0 Å². The molecule has 12 heavy (non-hydrogen) atoms. The Morgan fingerprint density at radius 2 is 1.92 bits per heavy atom. The minimum absolute atomic E-state index is 0.130. The van der Waals surface area contributed by atoms with E-state index in [9.17, 15) is 5.11 Å². The first-order chi connectivity index (χ1) is 5.72. The molecule has 0 bridgehead atoms. The lowest BCUT2D eigenvalue weighted by atomic mass is 10.0. The molecule has 0 radical (unpaired) electrons. The Hall–Kier alpha value is -0.120. The highest BCUT2D eigenvalue weighted by atomic mass is 16.3. The molecule has 0 aromatic heterocycles. The van der Waals surface area contributed by atoms with E-state index in [1.54, 1.807) is 0 Å². The van der Waals surface area contributed by atoms with Crippen molar-refractivity contribution in [2.75, 3.05) is 6.61 Å². The first-order valence-electron chi connectivity index (χ1n) is 4.76. The summed E-state index contributed by atoms with van der Waals surface area (Å²) in [5.74, 6) is 0. The van der Waals surface area contributed by atoms with Crippen molar-refractivity contribution in [3.63, 3.8) is 0 Å². The van der Waals surface area contributed by atoms with Crippen LogP contribution in [-0.4, -0.2) is 29.0 Å². The van der Waals surface area contributed by atoms with Crippen LogP contribution in [0.2, 0.25) is 0 Å². The Morgan fingerprint density at radius 1 is 1.25 bits per heavy atom. The van der Waals surface area contributed by atoms with Crippen LogP contribution in [0.4, 0.5) is 0 Å². The van der Waals surface area contributed by atoms with Crippen LogP contribution < -0.4 is 5.73 Å². The molecule has 1 unspecified atom stereocenters. The molecule has 3 nitrogen and oxygen atoms in total. The van der Waals surface area contributed by atoms with E-state index in [-0.39, 0.29) is 6.61 Å². The van der Waals surface area contributed by atoms with Gasteiger partial charge in [0.2, 0.25) is 0 Å². The number of nitrogens with two attached hydrogens (primary N) is 1. The van der Waals surface area contributed by atoms with Crippen molar-refractivity contribution in [2.45, 2.75) is 51.2 Å². The highest BCUT2D eigenvalue weighted by Gasteiger charge is 2.12. The summed E-state index contributed by atoms with van der Waals surface area (Å²) in [6, 6.07) is -0.466. The number of unbranched alkanes of at least 4 members (excludes halogenated alkanes) is 3. The highest BCUT2D eigenvalue weighted by molar-refractivity contribution is 4.69. The van der Waals surface area contributed by atoms with Crippen molar-refractivity contribution in [3.8, 4) is 0 Å². The van der Waals surface area contributed by atoms with E-state index in [0.717, 1.165) is 12.8 Å². The lowest BCUT2D eigenvalue weighted by Crippen LogP contribution is -2.37. The van der Waals surface area contributed by atoms with Crippen molar-refractivity contribution < 1.29 is 10.2 Å². The summed E-state index contributed by atoms with van der Waals surface area (Å²) >= 11 is 0. The lowest BCUT2D eigenvalue weighted by Gasteiger charge is -2.15. The lowest BCUT2D eigenvalue weighted by molar-refractivity contribution is 0.0990. The SMILES string of the molecule is CCCCCCC(O)[C@@H](N)CO. The molecule has 4 N–H and O–H groups in total. The van der Waals surface area contributed by atoms with Gasteiger partial charge >= 0.3 is 0 Å². The van der Waals surface area contributed by atoms with Gasteiger partial charge in [0.05, 0.1) is 18.8 Å². The topological polar surface area (TPSA) is 66.5 Å². The van der Waals surface area contributed by atoms with Crippen molar-refractivity contribution in [2.24, 2.45) is 5.73 Å². The second-order valence-corrected chi connectivity index (χ2v) is 3.26. The first kappa shape index (κ1) is 11.9. The molecule has 3 heteroatoms. The van der Waals surface area contributed by atoms with Crippen molar-refractivity contribution >= 4 is 0 Å². The van der Waals surface area contributed by atoms with Gasteiger partial charge in [0.15, 0.2) is 0 Å². The molecule has 0 aliphatic carbocycles. The van der Waals surface area contributed by atoms with E-state index in [0.29, 0.717) is 6.42 Å². The molecule has 0 spiro atoms. The third-order valence-corrected chi connectivity index (χ3v) is 2.06. The Labute approximate surface area is 74.6 Å². The average molecular weight is 175 g/mol. The molecule has 0 aliphatic heterocycles. The normalized spacial score (nSPS) is 16.0. The van der Waals surface area contributed by atoms with E-state index in [4.69, 9.17) is 10.8 Å². The first-order valence-corrected chi connectivity index (χ1v) is 4.76. The van der Waals surface area contributed by atoms with Crippen molar-refractivity contribution in [3.05, 3.63) is 0 Å². The van der Waals surface area contributed by atoms with Gasteiger partial charge in [-0.05, 0) is 6.42 Å².